The number of esters is 1. The molecule has 1 aliphatic rings. The third-order valence-corrected chi connectivity index (χ3v) is 7.69. The summed E-state index contributed by atoms with van der Waals surface area (Å²) in [6.07, 6.45) is 8.22. The summed E-state index contributed by atoms with van der Waals surface area (Å²) in [6.45, 7) is 4.11. The third-order valence-electron chi connectivity index (χ3n) is 7.36. The number of hydrogen-bond acceptors (Lipinski definition) is 3. The average molecular weight is 504 g/mol. The van der Waals surface area contributed by atoms with Gasteiger partial charge in [0.2, 0.25) is 0 Å². The minimum atomic E-state index is -1.22. The third kappa shape index (κ3) is 5.85. The molecule has 3 nitrogen and oxygen atoms in total. The van der Waals surface area contributed by atoms with E-state index in [1.54, 1.807) is 0 Å². The minimum absolute atomic E-state index is 0.276. The van der Waals surface area contributed by atoms with Gasteiger partial charge in [-0.1, -0.05) is 124 Å². The van der Waals surface area contributed by atoms with Gasteiger partial charge < -0.3 is 10.5 Å². The van der Waals surface area contributed by atoms with Crippen molar-refractivity contribution in [2.24, 2.45) is 11.7 Å². The Morgan fingerprint density at radius 2 is 1.47 bits per heavy atom. The molecule has 2 atom stereocenters. The Kier molecular flexibility index (Phi) is 8.87. The van der Waals surface area contributed by atoms with Crippen LogP contribution in [0.5, 0.6) is 0 Å². The molecule has 3 aromatic rings. The molecule has 36 heavy (non-hydrogen) atoms. The van der Waals surface area contributed by atoms with Crippen LogP contribution in [0.4, 0.5) is 0 Å². The van der Waals surface area contributed by atoms with Crippen molar-refractivity contribution in [1.29, 1.82) is 0 Å². The Morgan fingerprint density at radius 1 is 0.889 bits per heavy atom. The number of halogens is 1. The van der Waals surface area contributed by atoms with E-state index < -0.39 is 17.6 Å². The van der Waals surface area contributed by atoms with Crippen molar-refractivity contribution in [1.82, 2.24) is 0 Å². The minimum Gasteiger partial charge on any atom is -0.443 e. The van der Waals surface area contributed by atoms with Crippen LogP contribution in [-0.2, 0) is 15.1 Å². The van der Waals surface area contributed by atoms with E-state index in [2.05, 4.69) is 38.1 Å². The van der Waals surface area contributed by atoms with E-state index in [1.807, 2.05) is 54.6 Å². The van der Waals surface area contributed by atoms with Crippen LogP contribution >= 0.6 is 11.6 Å². The lowest BCUT2D eigenvalue weighted by molar-refractivity contribution is -0.155. The van der Waals surface area contributed by atoms with E-state index in [0.29, 0.717) is 17.4 Å². The van der Waals surface area contributed by atoms with Crippen LogP contribution in [0.1, 0.15) is 87.0 Å². The molecule has 0 saturated heterocycles. The molecule has 3 aromatic carbocycles. The molecule has 1 unspecified atom stereocenters. The molecule has 1 fully saturated rings. The number of rotatable bonds is 8. The predicted octanol–water partition coefficient (Wildman–Crippen LogP) is 7.99. The maximum Gasteiger partial charge on any atom is 0.324 e. The summed E-state index contributed by atoms with van der Waals surface area (Å²) in [5, 5.41) is 0.541. The Hall–Kier alpha value is -2.62. The van der Waals surface area contributed by atoms with Gasteiger partial charge in [-0.25, -0.2) is 0 Å². The smallest absolute Gasteiger partial charge is 0.324 e. The molecule has 2 N–H and O–H groups in total. The lowest BCUT2D eigenvalue weighted by Crippen LogP contribution is -2.42. The zero-order chi connectivity index (χ0) is 25.5. The summed E-state index contributed by atoms with van der Waals surface area (Å²) in [5.74, 6) is 0.424. The Bertz CT molecular complexity index is 1120. The summed E-state index contributed by atoms with van der Waals surface area (Å²) in [5.41, 5.74) is 8.89. The Morgan fingerprint density at radius 3 is 2.08 bits per heavy atom. The van der Waals surface area contributed by atoms with Gasteiger partial charge in [-0.2, -0.15) is 0 Å². The first-order chi connectivity index (χ1) is 17.4. The lowest BCUT2D eigenvalue weighted by atomic mass is 9.79. The van der Waals surface area contributed by atoms with Crippen LogP contribution in [-0.4, -0.2) is 12.0 Å². The van der Waals surface area contributed by atoms with Crippen LogP contribution in [0.15, 0.2) is 78.9 Å². The molecule has 0 spiro atoms. The number of benzene rings is 3. The summed E-state index contributed by atoms with van der Waals surface area (Å²) < 4.78 is 6.50. The number of nitrogens with two attached hydrogens (primary N) is 1. The van der Waals surface area contributed by atoms with Crippen molar-refractivity contribution in [3.8, 4) is 0 Å². The molecular formula is C32H38ClNO2. The van der Waals surface area contributed by atoms with E-state index in [9.17, 15) is 4.79 Å². The van der Waals surface area contributed by atoms with Gasteiger partial charge in [0.15, 0.2) is 5.60 Å². The van der Waals surface area contributed by atoms with Gasteiger partial charge in [0, 0.05) is 21.7 Å². The fourth-order valence-corrected chi connectivity index (χ4v) is 5.77. The van der Waals surface area contributed by atoms with Crippen molar-refractivity contribution in [3.63, 3.8) is 0 Å². The molecule has 0 aromatic heterocycles. The summed E-state index contributed by atoms with van der Waals surface area (Å²) in [4.78, 5) is 13.5. The van der Waals surface area contributed by atoms with Gasteiger partial charge in [-0.3, -0.25) is 4.79 Å². The van der Waals surface area contributed by atoms with E-state index in [-0.39, 0.29) is 5.92 Å². The zero-order valence-electron chi connectivity index (χ0n) is 21.5. The molecule has 0 radical (unpaired) electrons. The second kappa shape index (κ2) is 12.1. The topological polar surface area (TPSA) is 52.3 Å². The fourth-order valence-electron chi connectivity index (χ4n) is 5.50. The van der Waals surface area contributed by atoms with Crippen LogP contribution in [0.3, 0.4) is 0 Å². The summed E-state index contributed by atoms with van der Waals surface area (Å²) in [6, 6.07) is 25.4. The first-order valence-corrected chi connectivity index (χ1v) is 13.7. The predicted molar refractivity (Wildman–Crippen MR) is 148 cm³/mol. The monoisotopic (exact) mass is 503 g/mol. The average Bonchev–Trinajstić information content (AvgIpc) is 3.18. The van der Waals surface area contributed by atoms with Gasteiger partial charge in [0.25, 0.3) is 0 Å². The molecule has 4 rings (SSSR count). The number of carbonyl (C=O) groups is 1. The maximum absolute atomic E-state index is 13.5. The molecule has 190 valence electrons. The molecule has 0 amide bonds. The molecule has 4 heteroatoms. The largest absolute Gasteiger partial charge is 0.443 e. The highest BCUT2D eigenvalue weighted by Crippen LogP contribution is 2.44. The zero-order valence-corrected chi connectivity index (χ0v) is 22.2. The molecule has 1 aliphatic carbocycles. The quantitative estimate of drug-likeness (QED) is 0.192. The first kappa shape index (κ1) is 26.4. The lowest BCUT2D eigenvalue weighted by Gasteiger charge is -2.37. The van der Waals surface area contributed by atoms with Crippen LogP contribution < -0.4 is 5.73 Å². The van der Waals surface area contributed by atoms with Crippen molar-refractivity contribution >= 4 is 17.6 Å². The van der Waals surface area contributed by atoms with Gasteiger partial charge in [-0.05, 0) is 42.7 Å². The molecule has 1 saturated carbocycles. The standard InChI is InChI=1S/C32H38ClNO2/c1-23(2)22-30(34)31(35)36-32(26-14-8-5-9-15-26,28-16-10-11-17-29(28)33)27-20-18-25(19-21-27)24-12-6-3-4-7-13-24/h5,8-11,14-21,23-24,30H,3-4,6-7,12-13,22,34H2,1-2H3/t30-,32?/m0/s1. The van der Waals surface area contributed by atoms with Gasteiger partial charge in [-0.15, -0.1) is 0 Å². The number of carbonyl (C=O) groups excluding carboxylic acids is 1. The SMILES string of the molecule is CC(C)C[C@H](N)C(=O)OC(c1ccccc1)(c1ccc(C2CCCCCC2)cc1)c1ccccc1Cl. The molecule has 0 heterocycles. The summed E-state index contributed by atoms with van der Waals surface area (Å²) in [7, 11) is 0. The van der Waals surface area contributed by atoms with Gasteiger partial charge in [0.05, 0.1) is 0 Å². The summed E-state index contributed by atoms with van der Waals surface area (Å²) >= 11 is 6.80. The van der Waals surface area contributed by atoms with E-state index in [4.69, 9.17) is 22.1 Å². The molecular weight excluding hydrogens is 466 g/mol. The van der Waals surface area contributed by atoms with Crippen molar-refractivity contribution in [2.75, 3.05) is 0 Å². The highest BCUT2D eigenvalue weighted by atomic mass is 35.5. The van der Waals surface area contributed by atoms with Crippen LogP contribution in [0.25, 0.3) is 0 Å². The number of hydrogen-bond donors (Lipinski definition) is 1. The van der Waals surface area contributed by atoms with Crippen molar-refractivity contribution in [3.05, 3.63) is 106 Å². The second-order valence-electron chi connectivity index (χ2n) is 10.5. The Balaban J connectivity index is 1.85. The van der Waals surface area contributed by atoms with E-state index >= 15 is 0 Å². The van der Waals surface area contributed by atoms with Crippen molar-refractivity contribution < 1.29 is 9.53 Å². The van der Waals surface area contributed by atoms with Crippen LogP contribution in [0.2, 0.25) is 5.02 Å². The highest BCUT2D eigenvalue weighted by Gasteiger charge is 2.43. The van der Waals surface area contributed by atoms with E-state index in [0.717, 1.165) is 16.7 Å². The van der Waals surface area contributed by atoms with Crippen molar-refractivity contribution in [2.45, 2.75) is 76.4 Å². The highest BCUT2D eigenvalue weighted by molar-refractivity contribution is 6.31. The normalized spacial score (nSPS) is 17.2. The molecule has 0 bridgehead atoms. The number of ether oxygens (including phenoxy) is 1. The second-order valence-corrected chi connectivity index (χ2v) is 10.9. The Labute approximate surface area is 221 Å². The van der Waals surface area contributed by atoms with Gasteiger partial charge >= 0.3 is 5.97 Å². The maximum atomic E-state index is 13.5. The van der Waals surface area contributed by atoms with Crippen LogP contribution in [0, 0.1) is 5.92 Å². The fraction of sp³-hybridized carbons (Fsp3) is 0.406. The first-order valence-electron chi connectivity index (χ1n) is 13.3. The van der Waals surface area contributed by atoms with Gasteiger partial charge in [0.1, 0.15) is 6.04 Å². The molecule has 0 aliphatic heterocycles. The van der Waals surface area contributed by atoms with E-state index in [1.165, 1.54) is 44.1 Å².